The average Bonchev–Trinajstić information content (AvgIpc) is 2.48. The van der Waals surface area contributed by atoms with Gasteiger partial charge in [0.15, 0.2) is 0 Å². The molecule has 0 heterocycles. The smallest absolute Gasteiger partial charge is 0.269 e. The maximum absolute atomic E-state index is 12.4. The third kappa shape index (κ3) is 3.57. The largest absolute Gasteiger partial charge is 0.497 e. The van der Waals surface area contributed by atoms with Gasteiger partial charge >= 0.3 is 0 Å². The van der Waals surface area contributed by atoms with E-state index in [1.807, 2.05) is 0 Å². The molecule has 0 aliphatic rings. The SMILES string of the molecule is COc1ccc(N)c(S(=O)Cc2cccc([N+](=O)[O-])c2)c1. The number of hydrogen-bond donors (Lipinski definition) is 1. The Morgan fingerprint density at radius 1 is 1.29 bits per heavy atom. The zero-order valence-electron chi connectivity index (χ0n) is 11.3. The van der Waals surface area contributed by atoms with Crippen LogP contribution in [0, 0.1) is 10.1 Å². The first-order valence-electron chi connectivity index (χ1n) is 6.06. The van der Waals surface area contributed by atoms with Gasteiger partial charge in [-0.2, -0.15) is 0 Å². The van der Waals surface area contributed by atoms with Crippen LogP contribution in [0.3, 0.4) is 0 Å². The molecule has 110 valence electrons. The third-order valence-corrected chi connectivity index (χ3v) is 4.32. The second-order valence-electron chi connectivity index (χ2n) is 4.32. The topological polar surface area (TPSA) is 95.5 Å². The van der Waals surface area contributed by atoms with Gasteiger partial charge in [0, 0.05) is 17.8 Å². The lowest BCUT2D eigenvalue weighted by Crippen LogP contribution is -2.02. The Balaban J connectivity index is 2.25. The van der Waals surface area contributed by atoms with Crippen LogP contribution in [-0.4, -0.2) is 16.2 Å². The maximum atomic E-state index is 12.4. The van der Waals surface area contributed by atoms with Gasteiger partial charge in [0.25, 0.3) is 5.69 Å². The normalized spacial score (nSPS) is 11.9. The molecule has 0 radical (unpaired) electrons. The van der Waals surface area contributed by atoms with E-state index in [0.29, 0.717) is 21.9 Å². The fourth-order valence-electron chi connectivity index (χ4n) is 1.83. The van der Waals surface area contributed by atoms with Crippen molar-refractivity contribution in [3.8, 4) is 5.75 Å². The molecule has 0 amide bonds. The van der Waals surface area contributed by atoms with Gasteiger partial charge in [0.05, 0.1) is 33.5 Å². The minimum Gasteiger partial charge on any atom is -0.497 e. The zero-order valence-corrected chi connectivity index (χ0v) is 12.1. The molecule has 0 saturated heterocycles. The molecule has 7 heteroatoms. The minimum atomic E-state index is -1.41. The molecule has 0 aliphatic heterocycles. The average molecular weight is 306 g/mol. The molecule has 2 N–H and O–H groups in total. The van der Waals surface area contributed by atoms with Gasteiger partial charge in [-0.25, -0.2) is 0 Å². The minimum absolute atomic E-state index is 0.0249. The first-order chi connectivity index (χ1) is 10.0. The molecule has 0 saturated carbocycles. The van der Waals surface area contributed by atoms with Gasteiger partial charge in [0.2, 0.25) is 0 Å². The summed E-state index contributed by atoms with van der Waals surface area (Å²) in [5.41, 5.74) is 6.81. The van der Waals surface area contributed by atoms with Crippen LogP contribution in [0.15, 0.2) is 47.4 Å². The number of nitro benzene ring substituents is 1. The summed E-state index contributed by atoms with van der Waals surface area (Å²) in [7, 11) is 0.106. The highest BCUT2D eigenvalue weighted by molar-refractivity contribution is 7.84. The van der Waals surface area contributed by atoms with E-state index in [1.165, 1.54) is 19.2 Å². The lowest BCUT2D eigenvalue weighted by atomic mass is 10.2. The molecular weight excluding hydrogens is 292 g/mol. The summed E-state index contributed by atoms with van der Waals surface area (Å²) >= 11 is 0. The van der Waals surface area contributed by atoms with Gasteiger partial charge in [-0.1, -0.05) is 12.1 Å². The molecule has 2 rings (SSSR count). The number of rotatable bonds is 5. The fraction of sp³-hybridized carbons (Fsp3) is 0.143. The summed E-state index contributed by atoms with van der Waals surface area (Å²) in [4.78, 5) is 10.7. The van der Waals surface area contributed by atoms with Gasteiger partial charge in [-0.15, -0.1) is 0 Å². The summed E-state index contributed by atoms with van der Waals surface area (Å²) in [6, 6.07) is 11.0. The van der Waals surface area contributed by atoms with Crippen LogP contribution in [0.4, 0.5) is 11.4 Å². The molecule has 0 bridgehead atoms. The molecule has 2 aromatic carbocycles. The maximum Gasteiger partial charge on any atom is 0.269 e. The summed E-state index contributed by atoms with van der Waals surface area (Å²) in [5, 5.41) is 10.7. The van der Waals surface area contributed by atoms with Crippen molar-refractivity contribution < 1.29 is 13.9 Å². The Labute approximate surface area is 124 Å². The van der Waals surface area contributed by atoms with Crippen LogP contribution in [0.2, 0.25) is 0 Å². The number of nitrogens with two attached hydrogens (primary N) is 1. The quantitative estimate of drug-likeness (QED) is 0.520. The van der Waals surface area contributed by atoms with E-state index in [-0.39, 0.29) is 11.4 Å². The summed E-state index contributed by atoms with van der Waals surface area (Å²) in [6.07, 6.45) is 0. The molecule has 0 spiro atoms. The standard InChI is InChI=1S/C14H14N2O4S/c1-20-12-5-6-13(15)14(8-12)21(19)9-10-3-2-4-11(7-10)16(17)18/h2-8H,9,15H2,1H3. The number of non-ortho nitro benzene ring substituents is 1. The van der Waals surface area contributed by atoms with Gasteiger partial charge in [-0.3, -0.25) is 14.3 Å². The number of nitro groups is 1. The molecular formula is C14H14N2O4S. The Hall–Kier alpha value is -2.41. The summed E-state index contributed by atoms with van der Waals surface area (Å²) < 4.78 is 17.5. The van der Waals surface area contributed by atoms with E-state index in [0.717, 1.165) is 0 Å². The number of nitrogen functional groups attached to an aromatic ring is 1. The predicted octanol–water partition coefficient (Wildman–Crippen LogP) is 2.49. The number of nitrogens with zero attached hydrogens (tertiary/aromatic N) is 1. The monoisotopic (exact) mass is 306 g/mol. The van der Waals surface area contributed by atoms with Crippen molar-refractivity contribution in [2.45, 2.75) is 10.6 Å². The molecule has 21 heavy (non-hydrogen) atoms. The number of hydrogen-bond acceptors (Lipinski definition) is 5. The number of methoxy groups -OCH3 is 1. The zero-order chi connectivity index (χ0) is 15.4. The molecule has 1 unspecified atom stereocenters. The van der Waals surface area contributed by atoms with Crippen molar-refractivity contribution in [3.05, 3.63) is 58.1 Å². The lowest BCUT2D eigenvalue weighted by Gasteiger charge is -2.08. The summed E-state index contributed by atoms with van der Waals surface area (Å²) in [5.74, 6) is 0.713. The van der Waals surface area contributed by atoms with Gasteiger partial charge < -0.3 is 10.5 Å². The molecule has 2 aromatic rings. The van der Waals surface area contributed by atoms with Crippen molar-refractivity contribution in [1.82, 2.24) is 0 Å². The molecule has 0 aromatic heterocycles. The van der Waals surface area contributed by atoms with Crippen molar-refractivity contribution in [2.24, 2.45) is 0 Å². The molecule has 1 atom stereocenters. The first kappa shape index (κ1) is 15.0. The Morgan fingerprint density at radius 2 is 2.05 bits per heavy atom. The highest BCUT2D eigenvalue weighted by atomic mass is 32.2. The van der Waals surface area contributed by atoms with E-state index in [9.17, 15) is 14.3 Å². The second-order valence-corrected chi connectivity index (χ2v) is 5.74. The van der Waals surface area contributed by atoms with Crippen LogP contribution in [0.1, 0.15) is 5.56 Å². The Kier molecular flexibility index (Phi) is 4.54. The van der Waals surface area contributed by atoms with Crippen LogP contribution >= 0.6 is 0 Å². The van der Waals surface area contributed by atoms with E-state index in [1.54, 1.807) is 30.3 Å². The first-order valence-corrected chi connectivity index (χ1v) is 7.38. The van der Waals surface area contributed by atoms with Crippen LogP contribution in [0.25, 0.3) is 0 Å². The van der Waals surface area contributed by atoms with Crippen molar-refractivity contribution in [2.75, 3.05) is 12.8 Å². The van der Waals surface area contributed by atoms with Crippen molar-refractivity contribution in [1.29, 1.82) is 0 Å². The number of ether oxygens (including phenoxy) is 1. The molecule has 0 aliphatic carbocycles. The van der Waals surface area contributed by atoms with E-state index in [2.05, 4.69) is 0 Å². The van der Waals surface area contributed by atoms with E-state index in [4.69, 9.17) is 10.5 Å². The summed E-state index contributed by atoms with van der Waals surface area (Å²) in [6.45, 7) is 0. The van der Waals surface area contributed by atoms with Crippen LogP contribution < -0.4 is 10.5 Å². The second kappa shape index (κ2) is 6.36. The number of anilines is 1. The fourth-order valence-corrected chi connectivity index (χ4v) is 3.04. The van der Waals surface area contributed by atoms with Gasteiger partial charge in [-0.05, 0) is 23.8 Å². The van der Waals surface area contributed by atoms with Crippen LogP contribution in [0.5, 0.6) is 5.75 Å². The van der Waals surface area contributed by atoms with Crippen molar-refractivity contribution >= 4 is 22.2 Å². The van der Waals surface area contributed by atoms with Crippen LogP contribution in [-0.2, 0) is 16.6 Å². The Morgan fingerprint density at radius 3 is 2.71 bits per heavy atom. The number of benzene rings is 2. The van der Waals surface area contributed by atoms with E-state index >= 15 is 0 Å². The van der Waals surface area contributed by atoms with Gasteiger partial charge in [0.1, 0.15) is 5.75 Å². The predicted molar refractivity (Wildman–Crippen MR) is 80.6 cm³/mol. The third-order valence-electron chi connectivity index (χ3n) is 2.89. The highest BCUT2D eigenvalue weighted by Crippen LogP contribution is 2.25. The lowest BCUT2D eigenvalue weighted by molar-refractivity contribution is -0.384. The highest BCUT2D eigenvalue weighted by Gasteiger charge is 2.12. The molecule has 0 fully saturated rings. The van der Waals surface area contributed by atoms with E-state index < -0.39 is 15.7 Å². The Bertz CT molecular complexity index is 703. The van der Waals surface area contributed by atoms with Crippen molar-refractivity contribution in [3.63, 3.8) is 0 Å². The molecule has 6 nitrogen and oxygen atoms in total.